The third kappa shape index (κ3) is 6.56. The molecule has 0 spiro atoms. The lowest BCUT2D eigenvalue weighted by molar-refractivity contribution is 0.157. The Morgan fingerprint density at radius 1 is 1.00 bits per heavy atom. The highest BCUT2D eigenvalue weighted by atomic mass is 19.1. The van der Waals surface area contributed by atoms with E-state index >= 15 is 0 Å². The van der Waals surface area contributed by atoms with E-state index < -0.39 is 5.83 Å². The van der Waals surface area contributed by atoms with E-state index in [4.69, 9.17) is 5.26 Å². The van der Waals surface area contributed by atoms with Crippen molar-refractivity contribution in [3.8, 4) is 6.07 Å². The molecule has 1 aromatic rings. The minimum atomic E-state index is -0.713. The zero-order chi connectivity index (χ0) is 20.5. The molecular formula is C27H36FN. The summed E-state index contributed by atoms with van der Waals surface area (Å²) in [6.45, 7) is 2.22. The molecule has 0 N–H and O–H groups in total. The van der Waals surface area contributed by atoms with Crippen molar-refractivity contribution in [2.45, 2.75) is 83.5 Å². The van der Waals surface area contributed by atoms with Gasteiger partial charge in [-0.25, -0.2) is 0 Å². The summed E-state index contributed by atoms with van der Waals surface area (Å²) in [6, 6.07) is 10.9. The van der Waals surface area contributed by atoms with E-state index in [1.54, 1.807) is 11.6 Å². The number of benzene rings is 1. The number of halogens is 1. The van der Waals surface area contributed by atoms with Gasteiger partial charge in [0.15, 0.2) is 5.83 Å². The SMILES string of the molecule is CCc1ccc([C@H]2CC[C@H]([C@H]3CC[C@H](CCC=CC=C(F)C#N)CC3)CC2)cc1. The lowest BCUT2D eigenvalue weighted by Gasteiger charge is -2.38. The molecule has 2 fully saturated rings. The molecule has 0 saturated heterocycles. The second kappa shape index (κ2) is 11.3. The number of aryl methyl sites for hydroxylation is 1. The van der Waals surface area contributed by atoms with Gasteiger partial charge in [-0.1, -0.05) is 56.2 Å². The van der Waals surface area contributed by atoms with Gasteiger partial charge >= 0.3 is 0 Å². The van der Waals surface area contributed by atoms with Gasteiger partial charge in [0.05, 0.1) is 0 Å². The normalized spacial score (nSPS) is 28.4. The summed E-state index contributed by atoms with van der Waals surface area (Å²) in [5.74, 6) is 2.78. The molecule has 156 valence electrons. The molecule has 3 rings (SSSR count). The first-order valence-electron chi connectivity index (χ1n) is 11.7. The molecule has 1 nitrogen and oxygen atoms in total. The number of nitrogens with zero attached hydrogens (tertiary/aromatic N) is 1. The Kier molecular flexibility index (Phi) is 8.53. The Morgan fingerprint density at radius 2 is 1.62 bits per heavy atom. The molecule has 2 saturated carbocycles. The molecule has 0 radical (unpaired) electrons. The third-order valence-electron chi connectivity index (χ3n) is 7.42. The Labute approximate surface area is 176 Å². The number of nitriles is 1. The zero-order valence-electron chi connectivity index (χ0n) is 18.0. The van der Waals surface area contributed by atoms with Crippen molar-refractivity contribution < 1.29 is 4.39 Å². The number of rotatable bonds is 7. The summed E-state index contributed by atoms with van der Waals surface area (Å²) < 4.78 is 12.7. The van der Waals surface area contributed by atoms with Crippen LogP contribution in [0.3, 0.4) is 0 Å². The maximum atomic E-state index is 12.7. The molecule has 0 aromatic heterocycles. The van der Waals surface area contributed by atoms with Crippen molar-refractivity contribution in [1.82, 2.24) is 0 Å². The molecule has 2 aliphatic rings. The van der Waals surface area contributed by atoms with Crippen molar-refractivity contribution >= 4 is 0 Å². The second-order valence-corrected chi connectivity index (χ2v) is 9.12. The van der Waals surface area contributed by atoms with Crippen LogP contribution in [-0.2, 0) is 6.42 Å². The highest BCUT2D eigenvalue weighted by molar-refractivity contribution is 5.25. The second-order valence-electron chi connectivity index (χ2n) is 9.12. The van der Waals surface area contributed by atoms with E-state index in [0.717, 1.165) is 36.5 Å². The molecule has 0 aliphatic heterocycles. The van der Waals surface area contributed by atoms with Crippen LogP contribution in [-0.4, -0.2) is 0 Å². The Balaban J connectivity index is 1.36. The van der Waals surface area contributed by atoms with Crippen molar-refractivity contribution in [3.05, 3.63) is 59.4 Å². The van der Waals surface area contributed by atoms with Crippen LogP contribution in [0.25, 0.3) is 0 Å². The predicted molar refractivity (Wildman–Crippen MR) is 119 cm³/mol. The summed E-state index contributed by atoms with van der Waals surface area (Å²) in [4.78, 5) is 0. The smallest absolute Gasteiger partial charge is 0.195 e. The van der Waals surface area contributed by atoms with Gasteiger partial charge in [0, 0.05) is 0 Å². The van der Waals surface area contributed by atoms with Gasteiger partial charge in [0.1, 0.15) is 6.07 Å². The Bertz CT molecular complexity index is 708. The van der Waals surface area contributed by atoms with Crippen molar-refractivity contribution in [1.29, 1.82) is 5.26 Å². The standard InChI is InChI=1S/C27H36FN/c1-2-21-8-12-23(13-9-21)25-16-18-26(19-17-25)24-14-10-22(11-15-24)6-4-3-5-7-27(28)20-29/h3,5,7-9,12-13,22,24-26H,2,4,6,10-11,14-19H2,1H3/t22-,24-,25-,26-. The third-order valence-corrected chi connectivity index (χ3v) is 7.42. The van der Waals surface area contributed by atoms with E-state index in [-0.39, 0.29) is 0 Å². The summed E-state index contributed by atoms with van der Waals surface area (Å²) in [5.41, 5.74) is 3.00. The molecular weight excluding hydrogens is 357 g/mol. The van der Waals surface area contributed by atoms with E-state index in [1.807, 2.05) is 6.08 Å². The number of hydrogen-bond donors (Lipinski definition) is 0. The van der Waals surface area contributed by atoms with Crippen LogP contribution < -0.4 is 0 Å². The molecule has 2 heteroatoms. The van der Waals surface area contributed by atoms with Gasteiger partial charge in [-0.3, -0.25) is 0 Å². The maximum absolute atomic E-state index is 12.7. The summed E-state index contributed by atoms with van der Waals surface area (Å²) in [5, 5.41) is 8.39. The molecule has 2 aliphatic carbocycles. The van der Waals surface area contributed by atoms with Crippen LogP contribution in [0.2, 0.25) is 0 Å². The summed E-state index contributed by atoms with van der Waals surface area (Å²) in [6.07, 6.45) is 19.3. The number of hydrogen-bond acceptors (Lipinski definition) is 1. The molecule has 0 heterocycles. The first-order chi connectivity index (χ1) is 14.2. The lowest BCUT2D eigenvalue weighted by atomic mass is 9.68. The fraction of sp³-hybridized carbons (Fsp3) is 0.593. The average molecular weight is 394 g/mol. The van der Waals surface area contributed by atoms with Crippen molar-refractivity contribution in [2.75, 3.05) is 0 Å². The van der Waals surface area contributed by atoms with Gasteiger partial charge in [0.25, 0.3) is 0 Å². The minimum absolute atomic E-state index is 0.713. The predicted octanol–water partition coefficient (Wildman–Crippen LogP) is 8.04. The van der Waals surface area contributed by atoms with Gasteiger partial charge in [-0.2, -0.15) is 9.65 Å². The summed E-state index contributed by atoms with van der Waals surface area (Å²) in [7, 11) is 0. The molecule has 0 amide bonds. The fourth-order valence-electron chi connectivity index (χ4n) is 5.52. The largest absolute Gasteiger partial charge is 0.199 e. The minimum Gasteiger partial charge on any atom is -0.195 e. The van der Waals surface area contributed by atoms with Gasteiger partial charge < -0.3 is 0 Å². The quantitative estimate of drug-likeness (QED) is 0.339. The maximum Gasteiger partial charge on any atom is 0.199 e. The van der Waals surface area contributed by atoms with Gasteiger partial charge in [-0.05, 0) is 98.7 Å². The van der Waals surface area contributed by atoms with E-state index in [1.165, 1.54) is 75.5 Å². The van der Waals surface area contributed by atoms with Gasteiger partial charge in [-0.15, -0.1) is 0 Å². The first kappa shape index (κ1) is 21.8. The van der Waals surface area contributed by atoms with Crippen LogP contribution in [0.4, 0.5) is 4.39 Å². The number of allylic oxidation sites excluding steroid dienone is 4. The molecule has 0 atom stereocenters. The lowest BCUT2D eigenvalue weighted by Crippen LogP contribution is -2.25. The van der Waals surface area contributed by atoms with E-state index in [9.17, 15) is 4.39 Å². The Hall–Kier alpha value is -1.88. The molecule has 0 unspecified atom stereocenters. The topological polar surface area (TPSA) is 23.8 Å². The molecule has 0 bridgehead atoms. The Morgan fingerprint density at radius 3 is 2.21 bits per heavy atom. The zero-order valence-corrected chi connectivity index (χ0v) is 18.0. The van der Waals surface area contributed by atoms with E-state index in [0.29, 0.717) is 0 Å². The van der Waals surface area contributed by atoms with Crippen LogP contribution in [0.5, 0.6) is 0 Å². The fourth-order valence-corrected chi connectivity index (χ4v) is 5.52. The van der Waals surface area contributed by atoms with Gasteiger partial charge in [0.2, 0.25) is 0 Å². The highest BCUT2D eigenvalue weighted by Crippen LogP contribution is 2.44. The van der Waals surface area contributed by atoms with Crippen LogP contribution in [0.15, 0.2) is 48.3 Å². The molecule has 1 aromatic carbocycles. The van der Waals surface area contributed by atoms with Crippen LogP contribution >= 0.6 is 0 Å². The van der Waals surface area contributed by atoms with Crippen LogP contribution in [0.1, 0.15) is 88.2 Å². The monoisotopic (exact) mass is 393 g/mol. The van der Waals surface area contributed by atoms with Crippen LogP contribution in [0, 0.1) is 29.1 Å². The highest BCUT2D eigenvalue weighted by Gasteiger charge is 2.31. The van der Waals surface area contributed by atoms with E-state index in [2.05, 4.69) is 31.2 Å². The first-order valence-corrected chi connectivity index (χ1v) is 11.7. The van der Waals surface area contributed by atoms with Crippen molar-refractivity contribution in [2.24, 2.45) is 17.8 Å². The summed E-state index contributed by atoms with van der Waals surface area (Å²) >= 11 is 0. The average Bonchev–Trinajstić information content (AvgIpc) is 2.79. The molecule has 29 heavy (non-hydrogen) atoms. The van der Waals surface area contributed by atoms with Crippen molar-refractivity contribution in [3.63, 3.8) is 0 Å².